The third-order valence-corrected chi connectivity index (χ3v) is 3.37. The van der Waals surface area contributed by atoms with Crippen molar-refractivity contribution in [2.45, 2.75) is 6.42 Å². The number of hydrogen-bond acceptors (Lipinski definition) is 5. The van der Waals surface area contributed by atoms with E-state index in [1.54, 1.807) is 36.4 Å². The average Bonchev–Trinajstić information content (AvgIpc) is 2.55. The van der Waals surface area contributed by atoms with Crippen LogP contribution < -0.4 is 18.9 Å². The number of benzene rings is 2. The van der Waals surface area contributed by atoms with E-state index in [-0.39, 0.29) is 6.42 Å². The minimum Gasteiger partial charge on any atom is -0.493 e. The molecule has 23 heavy (non-hydrogen) atoms. The van der Waals surface area contributed by atoms with Gasteiger partial charge in [0, 0.05) is 5.02 Å². The van der Waals surface area contributed by atoms with Crippen LogP contribution in [0.15, 0.2) is 36.4 Å². The van der Waals surface area contributed by atoms with Gasteiger partial charge >= 0.3 is 5.97 Å². The number of hydrogen-bond donors (Lipinski definition) is 0. The van der Waals surface area contributed by atoms with Crippen molar-refractivity contribution < 1.29 is 23.7 Å². The van der Waals surface area contributed by atoms with E-state index in [4.69, 9.17) is 30.5 Å². The van der Waals surface area contributed by atoms with E-state index >= 15 is 0 Å². The lowest BCUT2D eigenvalue weighted by molar-refractivity contribution is -0.133. The summed E-state index contributed by atoms with van der Waals surface area (Å²) in [6, 6.07) is 10.0. The molecule has 122 valence electrons. The average molecular weight is 337 g/mol. The third-order valence-electron chi connectivity index (χ3n) is 3.12. The summed E-state index contributed by atoms with van der Waals surface area (Å²) < 4.78 is 21.0. The molecule has 0 amide bonds. The maximum Gasteiger partial charge on any atom is 0.315 e. The van der Waals surface area contributed by atoms with Crippen molar-refractivity contribution in [2.75, 3.05) is 21.3 Å². The Morgan fingerprint density at radius 3 is 2.00 bits per heavy atom. The molecule has 2 aromatic rings. The zero-order chi connectivity index (χ0) is 16.8. The summed E-state index contributed by atoms with van der Waals surface area (Å²) in [5.74, 6) is 1.49. The monoisotopic (exact) mass is 336 g/mol. The number of carbonyl (C=O) groups is 1. The van der Waals surface area contributed by atoms with Gasteiger partial charge in [-0.25, -0.2) is 0 Å². The fourth-order valence-corrected chi connectivity index (χ4v) is 2.20. The molecule has 0 heterocycles. The Kier molecular flexibility index (Phi) is 5.71. The summed E-state index contributed by atoms with van der Waals surface area (Å²) in [6.45, 7) is 0. The molecule has 0 spiro atoms. The Labute approximate surface area is 139 Å². The van der Waals surface area contributed by atoms with Gasteiger partial charge in [0.25, 0.3) is 0 Å². The van der Waals surface area contributed by atoms with E-state index in [1.807, 2.05) is 0 Å². The molecule has 0 fully saturated rings. The minimum absolute atomic E-state index is 0.0688. The predicted octanol–water partition coefficient (Wildman–Crippen LogP) is 3.51. The summed E-state index contributed by atoms with van der Waals surface area (Å²) in [5.41, 5.74) is 0.693. The maximum atomic E-state index is 12.1. The van der Waals surface area contributed by atoms with Crippen molar-refractivity contribution in [3.05, 3.63) is 47.0 Å². The smallest absolute Gasteiger partial charge is 0.315 e. The molecule has 0 radical (unpaired) electrons. The fourth-order valence-electron chi connectivity index (χ4n) is 2.07. The largest absolute Gasteiger partial charge is 0.493 e. The summed E-state index contributed by atoms with van der Waals surface area (Å²) in [4.78, 5) is 12.1. The molecule has 0 aliphatic carbocycles. The van der Waals surface area contributed by atoms with Crippen LogP contribution >= 0.6 is 11.6 Å². The number of carbonyl (C=O) groups excluding carboxylic acids is 1. The van der Waals surface area contributed by atoms with Gasteiger partial charge in [-0.3, -0.25) is 4.79 Å². The molecule has 5 nitrogen and oxygen atoms in total. The van der Waals surface area contributed by atoms with Crippen LogP contribution in [0.2, 0.25) is 5.02 Å². The van der Waals surface area contributed by atoms with Crippen LogP contribution in [0.4, 0.5) is 0 Å². The lowest BCUT2D eigenvalue weighted by Crippen LogP contribution is -2.11. The van der Waals surface area contributed by atoms with Crippen molar-refractivity contribution in [1.29, 1.82) is 0 Å². The summed E-state index contributed by atoms with van der Waals surface area (Å²) in [5, 5.41) is 0.578. The van der Waals surface area contributed by atoms with Crippen molar-refractivity contribution in [3.8, 4) is 23.0 Å². The second kappa shape index (κ2) is 7.74. The Morgan fingerprint density at radius 1 is 0.957 bits per heavy atom. The maximum absolute atomic E-state index is 12.1. The molecule has 0 unspecified atom stereocenters. The normalized spacial score (nSPS) is 10.1. The van der Waals surface area contributed by atoms with Crippen LogP contribution in [0.3, 0.4) is 0 Å². The van der Waals surface area contributed by atoms with Crippen LogP contribution in [0, 0.1) is 0 Å². The fraction of sp³-hybridized carbons (Fsp3) is 0.235. The van der Waals surface area contributed by atoms with Crippen molar-refractivity contribution in [2.24, 2.45) is 0 Å². The van der Waals surface area contributed by atoms with E-state index in [2.05, 4.69) is 0 Å². The number of esters is 1. The summed E-state index contributed by atoms with van der Waals surface area (Å²) >= 11 is 5.79. The first-order chi connectivity index (χ1) is 11.1. The van der Waals surface area contributed by atoms with Gasteiger partial charge in [0.1, 0.15) is 5.75 Å². The topological polar surface area (TPSA) is 54.0 Å². The molecule has 0 bridgehead atoms. The number of ether oxygens (including phenoxy) is 4. The molecule has 6 heteroatoms. The first kappa shape index (κ1) is 17.0. The van der Waals surface area contributed by atoms with E-state index in [0.717, 1.165) is 0 Å². The molecule has 0 N–H and O–H groups in total. The zero-order valence-electron chi connectivity index (χ0n) is 13.1. The van der Waals surface area contributed by atoms with Crippen LogP contribution in [0.1, 0.15) is 5.56 Å². The summed E-state index contributed by atoms with van der Waals surface area (Å²) in [6.07, 6.45) is 0.0688. The van der Waals surface area contributed by atoms with Crippen molar-refractivity contribution in [1.82, 2.24) is 0 Å². The van der Waals surface area contributed by atoms with E-state index in [1.165, 1.54) is 21.3 Å². The van der Waals surface area contributed by atoms with Gasteiger partial charge < -0.3 is 18.9 Å². The van der Waals surface area contributed by atoms with E-state index in [0.29, 0.717) is 33.6 Å². The highest BCUT2D eigenvalue weighted by Gasteiger charge is 2.15. The van der Waals surface area contributed by atoms with E-state index in [9.17, 15) is 4.79 Å². The van der Waals surface area contributed by atoms with Gasteiger partial charge in [-0.05, 0) is 42.0 Å². The highest BCUT2D eigenvalue weighted by molar-refractivity contribution is 6.30. The lowest BCUT2D eigenvalue weighted by atomic mass is 10.1. The van der Waals surface area contributed by atoms with Gasteiger partial charge in [0.2, 0.25) is 5.75 Å². The van der Waals surface area contributed by atoms with Gasteiger partial charge in [0.05, 0.1) is 27.8 Å². The van der Waals surface area contributed by atoms with Crippen LogP contribution in [-0.4, -0.2) is 27.3 Å². The Bertz CT molecular complexity index is 657. The molecule has 0 saturated carbocycles. The third kappa shape index (κ3) is 4.29. The molecule has 0 aliphatic rings. The second-order valence-electron chi connectivity index (χ2n) is 4.64. The van der Waals surface area contributed by atoms with Gasteiger partial charge in [-0.15, -0.1) is 0 Å². The highest BCUT2D eigenvalue weighted by atomic mass is 35.5. The first-order valence-electron chi connectivity index (χ1n) is 6.82. The number of rotatable bonds is 6. The molecule has 0 aliphatic heterocycles. The summed E-state index contributed by atoms with van der Waals surface area (Å²) in [7, 11) is 4.56. The van der Waals surface area contributed by atoms with Gasteiger partial charge in [-0.2, -0.15) is 0 Å². The van der Waals surface area contributed by atoms with E-state index < -0.39 is 5.97 Å². The number of methoxy groups -OCH3 is 3. The standard InChI is InChI=1S/C17H17ClO5/c1-20-14-8-11(9-15(21-2)17(14)22-3)10-16(19)23-13-6-4-12(18)5-7-13/h4-9H,10H2,1-3H3. The Balaban J connectivity index is 2.15. The predicted molar refractivity (Wildman–Crippen MR) is 86.9 cm³/mol. The SMILES string of the molecule is COc1cc(CC(=O)Oc2ccc(Cl)cc2)cc(OC)c1OC. The molecule has 2 rings (SSSR count). The molecule has 2 aromatic carbocycles. The zero-order valence-corrected chi connectivity index (χ0v) is 13.8. The minimum atomic E-state index is -0.401. The molecule has 0 aromatic heterocycles. The Hall–Kier alpha value is -2.40. The molecule has 0 atom stereocenters. The van der Waals surface area contributed by atoms with Crippen LogP contribution in [0.25, 0.3) is 0 Å². The quantitative estimate of drug-likeness (QED) is 0.597. The lowest BCUT2D eigenvalue weighted by Gasteiger charge is -2.14. The first-order valence-corrected chi connectivity index (χ1v) is 7.20. The van der Waals surface area contributed by atoms with Gasteiger partial charge in [0.15, 0.2) is 11.5 Å². The highest BCUT2D eigenvalue weighted by Crippen LogP contribution is 2.38. The van der Waals surface area contributed by atoms with Crippen molar-refractivity contribution >= 4 is 17.6 Å². The number of halogens is 1. The molecule has 0 saturated heterocycles. The van der Waals surface area contributed by atoms with Crippen LogP contribution in [0.5, 0.6) is 23.0 Å². The molecular weight excluding hydrogens is 320 g/mol. The van der Waals surface area contributed by atoms with Crippen molar-refractivity contribution in [3.63, 3.8) is 0 Å². The molecular formula is C17H17ClO5. The van der Waals surface area contributed by atoms with Crippen LogP contribution in [-0.2, 0) is 11.2 Å². The Morgan fingerprint density at radius 2 is 1.52 bits per heavy atom. The van der Waals surface area contributed by atoms with Gasteiger partial charge in [-0.1, -0.05) is 11.6 Å². The second-order valence-corrected chi connectivity index (χ2v) is 5.07.